The Morgan fingerprint density at radius 3 is 2.82 bits per heavy atom. The highest BCUT2D eigenvalue weighted by molar-refractivity contribution is 5.84. The number of nitrogens with zero attached hydrogens (tertiary/aromatic N) is 1. The molecule has 3 unspecified atom stereocenters. The number of nitrogens with one attached hydrogen (secondary N) is 1. The zero-order valence-electron chi connectivity index (χ0n) is 11.1. The maximum atomic E-state index is 12.3. The molecule has 0 aromatic carbocycles. The van der Waals surface area contributed by atoms with Crippen LogP contribution >= 0.6 is 0 Å². The number of amides is 1. The first-order chi connectivity index (χ1) is 8.13. The largest absolute Gasteiger partial charge is 0.381 e. The third-order valence-electron chi connectivity index (χ3n) is 3.83. The lowest BCUT2D eigenvalue weighted by Crippen LogP contribution is -2.40. The summed E-state index contributed by atoms with van der Waals surface area (Å²) in [5.74, 6) is 1.17. The molecule has 98 valence electrons. The lowest BCUT2D eigenvalue weighted by Gasteiger charge is -2.25. The van der Waals surface area contributed by atoms with E-state index < -0.39 is 0 Å². The quantitative estimate of drug-likeness (QED) is 0.803. The van der Waals surface area contributed by atoms with Crippen LogP contribution in [0.2, 0.25) is 0 Å². The van der Waals surface area contributed by atoms with Crippen LogP contribution in [0.4, 0.5) is 0 Å². The number of carbonyl (C=O) groups excluding carboxylic acids is 1. The van der Waals surface area contributed by atoms with Gasteiger partial charge in [-0.25, -0.2) is 0 Å². The third-order valence-corrected chi connectivity index (χ3v) is 3.83. The molecule has 2 fully saturated rings. The number of hydrogen-bond acceptors (Lipinski definition) is 3. The van der Waals surface area contributed by atoms with Crippen LogP contribution in [0.3, 0.4) is 0 Å². The van der Waals surface area contributed by atoms with E-state index in [1.807, 2.05) is 4.90 Å². The fourth-order valence-electron chi connectivity index (χ4n) is 2.74. The maximum Gasteiger partial charge on any atom is 0.241 e. The molecule has 0 radical (unpaired) electrons. The van der Waals surface area contributed by atoms with E-state index in [9.17, 15) is 4.79 Å². The molecule has 2 rings (SSSR count). The maximum absolute atomic E-state index is 12.3. The van der Waals surface area contributed by atoms with Crippen molar-refractivity contribution in [2.24, 2.45) is 11.8 Å². The van der Waals surface area contributed by atoms with E-state index in [0.717, 1.165) is 32.6 Å². The van der Waals surface area contributed by atoms with E-state index in [1.54, 1.807) is 0 Å². The SMILES string of the molecule is CCC1NC(C(C)C)C(=O)N1CC1CCOC1. The van der Waals surface area contributed by atoms with Gasteiger partial charge in [-0.3, -0.25) is 10.1 Å². The summed E-state index contributed by atoms with van der Waals surface area (Å²) in [5.41, 5.74) is 0. The zero-order valence-corrected chi connectivity index (χ0v) is 11.1. The Morgan fingerprint density at radius 1 is 1.53 bits per heavy atom. The summed E-state index contributed by atoms with van der Waals surface area (Å²) in [6.07, 6.45) is 2.28. The third kappa shape index (κ3) is 2.63. The van der Waals surface area contributed by atoms with Gasteiger partial charge in [-0.1, -0.05) is 20.8 Å². The molecule has 1 N–H and O–H groups in total. The zero-order chi connectivity index (χ0) is 12.4. The van der Waals surface area contributed by atoms with Gasteiger partial charge in [0.05, 0.1) is 18.8 Å². The molecule has 3 atom stereocenters. The van der Waals surface area contributed by atoms with Gasteiger partial charge in [-0.05, 0) is 18.8 Å². The second kappa shape index (κ2) is 5.36. The average molecular weight is 240 g/mol. The molecule has 2 aliphatic heterocycles. The molecule has 17 heavy (non-hydrogen) atoms. The van der Waals surface area contributed by atoms with Gasteiger partial charge < -0.3 is 9.64 Å². The minimum Gasteiger partial charge on any atom is -0.381 e. The number of carbonyl (C=O) groups is 1. The van der Waals surface area contributed by atoms with Crippen LogP contribution in [-0.4, -0.2) is 42.8 Å². The van der Waals surface area contributed by atoms with Crippen molar-refractivity contribution >= 4 is 5.91 Å². The Morgan fingerprint density at radius 2 is 2.29 bits per heavy atom. The molecule has 0 aliphatic carbocycles. The van der Waals surface area contributed by atoms with Crippen molar-refractivity contribution in [3.05, 3.63) is 0 Å². The minimum atomic E-state index is 0.00210. The highest BCUT2D eigenvalue weighted by atomic mass is 16.5. The normalized spacial score (nSPS) is 34.0. The minimum absolute atomic E-state index is 0.00210. The Kier molecular flexibility index (Phi) is 4.05. The summed E-state index contributed by atoms with van der Waals surface area (Å²) in [7, 11) is 0. The average Bonchev–Trinajstić information content (AvgIpc) is 2.89. The summed E-state index contributed by atoms with van der Waals surface area (Å²) < 4.78 is 5.39. The predicted octanol–water partition coefficient (Wildman–Crippen LogP) is 1.22. The smallest absolute Gasteiger partial charge is 0.241 e. The van der Waals surface area contributed by atoms with Crippen LogP contribution in [0.15, 0.2) is 0 Å². The first kappa shape index (κ1) is 12.8. The fourth-order valence-corrected chi connectivity index (χ4v) is 2.74. The van der Waals surface area contributed by atoms with E-state index in [0.29, 0.717) is 11.8 Å². The summed E-state index contributed by atoms with van der Waals surface area (Å²) in [5, 5.41) is 3.45. The predicted molar refractivity (Wildman–Crippen MR) is 66.5 cm³/mol. The number of hydrogen-bond donors (Lipinski definition) is 1. The van der Waals surface area contributed by atoms with Crippen LogP contribution in [0.25, 0.3) is 0 Å². The van der Waals surface area contributed by atoms with Crippen molar-refractivity contribution in [2.75, 3.05) is 19.8 Å². The summed E-state index contributed by atoms with van der Waals surface area (Å²) in [6.45, 7) is 8.85. The van der Waals surface area contributed by atoms with Crippen molar-refractivity contribution in [3.63, 3.8) is 0 Å². The van der Waals surface area contributed by atoms with Gasteiger partial charge in [0.1, 0.15) is 0 Å². The first-order valence-corrected chi connectivity index (χ1v) is 6.77. The summed E-state index contributed by atoms with van der Waals surface area (Å²) in [6, 6.07) is 0.00210. The summed E-state index contributed by atoms with van der Waals surface area (Å²) in [4.78, 5) is 14.4. The molecule has 0 saturated carbocycles. The molecule has 0 bridgehead atoms. The molecule has 1 amide bonds. The molecule has 0 spiro atoms. The monoisotopic (exact) mass is 240 g/mol. The van der Waals surface area contributed by atoms with Crippen molar-refractivity contribution in [2.45, 2.75) is 45.8 Å². The van der Waals surface area contributed by atoms with Crippen molar-refractivity contribution in [3.8, 4) is 0 Å². The van der Waals surface area contributed by atoms with E-state index in [-0.39, 0.29) is 18.1 Å². The van der Waals surface area contributed by atoms with Gasteiger partial charge in [-0.15, -0.1) is 0 Å². The summed E-state index contributed by atoms with van der Waals surface area (Å²) >= 11 is 0. The van der Waals surface area contributed by atoms with Gasteiger partial charge in [0.25, 0.3) is 0 Å². The standard InChI is InChI=1S/C13H24N2O2/c1-4-11-14-12(9(2)3)13(16)15(11)7-10-5-6-17-8-10/h9-12,14H,4-8H2,1-3H3. The fraction of sp³-hybridized carbons (Fsp3) is 0.923. The molecule has 2 saturated heterocycles. The highest BCUT2D eigenvalue weighted by Crippen LogP contribution is 2.22. The van der Waals surface area contributed by atoms with E-state index >= 15 is 0 Å². The molecular weight excluding hydrogens is 216 g/mol. The first-order valence-electron chi connectivity index (χ1n) is 6.77. The highest BCUT2D eigenvalue weighted by Gasteiger charge is 2.40. The van der Waals surface area contributed by atoms with Crippen molar-refractivity contribution in [1.29, 1.82) is 0 Å². The van der Waals surface area contributed by atoms with Gasteiger partial charge >= 0.3 is 0 Å². The molecule has 0 aromatic rings. The van der Waals surface area contributed by atoms with Crippen LogP contribution in [0.1, 0.15) is 33.6 Å². The topological polar surface area (TPSA) is 41.6 Å². The van der Waals surface area contributed by atoms with Gasteiger partial charge in [0.2, 0.25) is 5.91 Å². The van der Waals surface area contributed by atoms with E-state index in [1.165, 1.54) is 0 Å². The lowest BCUT2D eigenvalue weighted by atomic mass is 10.0. The van der Waals surface area contributed by atoms with Crippen LogP contribution in [0.5, 0.6) is 0 Å². The molecular formula is C13H24N2O2. The Hall–Kier alpha value is -0.610. The van der Waals surface area contributed by atoms with Gasteiger partial charge in [0, 0.05) is 19.1 Å². The second-order valence-electron chi connectivity index (χ2n) is 5.53. The Balaban J connectivity index is 2.00. The van der Waals surface area contributed by atoms with Gasteiger partial charge in [-0.2, -0.15) is 0 Å². The number of ether oxygens (including phenoxy) is 1. The van der Waals surface area contributed by atoms with E-state index in [4.69, 9.17) is 4.74 Å². The Labute approximate surface area is 104 Å². The lowest BCUT2D eigenvalue weighted by molar-refractivity contribution is -0.131. The Bertz CT molecular complexity index is 275. The second-order valence-corrected chi connectivity index (χ2v) is 5.53. The van der Waals surface area contributed by atoms with Crippen LogP contribution in [-0.2, 0) is 9.53 Å². The molecule has 2 heterocycles. The molecule has 0 aromatic heterocycles. The molecule has 4 heteroatoms. The van der Waals surface area contributed by atoms with Crippen molar-refractivity contribution < 1.29 is 9.53 Å². The van der Waals surface area contributed by atoms with Gasteiger partial charge in [0.15, 0.2) is 0 Å². The van der Waals surface area contributed by atoms with Crippen LogP contribution in [0, 0.1) is 11.8 Å². The molecule has 2 aliphatic rings. The molecule has 4 nitrogen and oxygen atoms in total. The van der Waals surface area contributed by atoms with E-state index in [2.05, 4.69) is 26.1 Å². The van der Waals surface area contributed by atoms with Crippen molar-refractivity contribution in [1.82, 2.24) is 10.2 Å². The number of rotatable bonds is 4. The van der Waals surface area contributed by atoms with Crippen LogP contribution < -0.4 is 5.32 Å².